The molecule has 4 aliphatic rings. The van der Waals surface area contributed by atoms with Gasteiger partial charge in [0.2, 0.25) is 0 Å². The Balaban J connectivity index is 1.37. The van der Waals surface area contributed by atoms with E-state index in [1.165, 1.54) is 83.5 Å². The van der Waals surface area contributed by atoms with Gasteiger partial charge in [-0.1, -0.05) is 77.9 Å². The van der Waals surface area contributed by atoms with E-state index in [0.717, 1.165) is 36.5 Å². The van der Waals surface area contributed by atoms with E-state index in [2.05, 4.69) is 26.8 Å². The summed E-state index contributed by atoms with van der Waals surface area (Å²) in [6, 6.07) is 0. The first-order valence-corrected chi connectivity index (χ1v) is 15.3. The summed E-state index contributed by atoms with van der Waals surface area (Å²) >= 11 is 6.14. The molecule has 3 saturated carbocycles. The van der Waals surface area contributed by atoms with E-state index >= 15 is 0 Å². The summed E-state index contributed by atoms with van der Waals surface area (Å²) in [4.78, 5) is 12.3. The topological polar surface area (TPSA) is 26.3 Å². The summed E-state index contributed by atoms with van der Waals surface area (Å²) in [5.41, 5.74) is 2.48. The molecule has 8 atom stereocenters. The van der Waals surface area contributed by atoms with Crippen molar-refractivity contribution >= 4 is 17.6 Å². The second-order valence-corrected chi connectivity index (χ2v) is 13.3. The van der Waals surface area contributed by atoms with Crippen molar-refractivity contribution < 1.29 is 9.53 Å². The molecule has 0 aromatic carbocycles. The van der Waals surface area contributed by atoms with Crippen LogP contribution in [0, 0.1) is 34.5 Å². The average molecular weight is 491 g/mol. The Kier molecular flexibility index (Phi) is 8.80. The summed E-state index contributed by atoms with van der Waals surface area (Å²) in [5.74, 6) is 3.35. The van der Waals surface area contributed by atoms with Crippen LogP contribution >= 0.6 is 11.6 Å². The number of carbonyl (C=O) groups is 1. The lowest BCUT2D eigenvalue weighted by atomic mass is 9.47. The Morgan fingerprint density at radius 2 is 1.79 bits per heavy atom. The Labute approximate surface area is 215 Å². The molecule has 0 saturated heterocycles. The summed E-state index contributed by atoms with van der Waals surface area (Å²) < 4.78 is 5.83. The highest BCUT2D eigenvalue weighted by Gasteiger charge is 2.58. The van der Waals surface area contributed by atoms with E-state index in [1.54, 1.807) is 5.57 Å². The number of unbranched alkanes of at least 4 members (excludes halogenated alkanes) is 5. The van der Waals surface area contributed by atoms with Gasteiger partial charge in [-0.3, -0.25) is 4.79 Å². The van der Waals surface area contributed by atoms with Gasteiger partial charge in [-0.25, -0.2) is 0 Å². The lowest BCUT2D eigenvalue weighted by Crippen LogP contribution is -2.50. The van der Waals surface area contributed by atoms with Gasteiger partial charge in [-0.15, -0.1) is 11.6 Å². The fourth-order valence-electron chi connectivity index (χ4n) is 8.89. The van der Waals surface area contributed by atoms with E-state index in [-0.39, 0.29) is 12.1 Å². The zero-order valence-electron chi connectivity index (χ0n) is 22.5. The summed E-state index contributed by atoms with van der Waals surface area (Å²) in [5, 5.41) is -0.499. The normalized spacial score (nSPS) is 40.0. The molecule has 0 radical (unpaired) electrons. The number of hydrogen-bond acceptors (Lipinski definition) is 2. The predicted octanol–water partition coefficient (Wildman–Crippen LogP) is 9.25. The molecule has 0 aromatic rings. The number of ether oxygens (including phenoxy) is 1. The van der Waals surface area contributed by atoms with Crippen LogP contribution < -0.4 is 0 Å². The van der Waals surface area contributed by atoms with Gasteiger partial charge in [-0.2, -0.15) is 0 Å². The van der Waals surface area contributed by atoms with Crippen molar-refractivity contribution in [2.75, 3.05) is 0 Å². The molecule has 3 heteroatoms. The molecule has 0 amide bonds. The van der Waals surface area contributed by atoms with Crippen molar-refractivity contribution in [1.29, 1.82) is 0 Å². The number of carbonyl (C=O) groups excluding carboxylic acids is 1. The molecule has 0 aliphatic heterocycles. The standard InChI is InChI=1S/C31H51ClO2/c1-5-7-8-9-10-11-12-22-14-16-26-25-15-13-23-21-24(34-29(33)28(32)6-2)17-19-31(23,4)27(25)18-20-30(22,26)3/h13,22,24-28H,5-12,14-21H2,1-4H3. The number of allylic oxidation sites excluding steroid dienone is 1. The second-order valence-electron chi connectivity index (χ2n) is 12.8. The Morgan fingerprint density at radius 3 is 2.56 bits per heavy atom. The summed E-state index contributed by atoms with van der Waals surface area (Å²) in [6.07, 6.45) is 23.4. The smallest absolute Gasteiger partial charge is 0.324 e. The van der Waals surface area contributed by atoms with Crippen LogP contribution in [0.1, 0.15) is 130 Å². The molecular weight excluding hydrogens is 440 g/mol. The van der Waals surface area contributed by atoms with Crippen LogP contribution in [0.25, 0.3) is 0 Å². The highest BCUT2D eigenvalue weighted by molar-refractivity contribution is 6.29. The van der Waals surface area contributed by atoms with Gasteiger partial charge < -0.3 is 4.74 Å². The zero-order valence-corrected chi connectivity index (χ0v) is 23.3. The number of hydrogen-bond donors (Lipinski definition) is 0. The highest BCUT2D eigenvalue weighted by Crippen LogP contribution is 2.66. The molecule has 0 spiro atoms. The third kappa shape index (κ3) is 5.14. The van der Waals surface area contributed by atoms with E-state index in [4.69, 9.17) is 16.3 Å². The molecule has 0 N–H and O–H groups in total. The molecule has 194 valence electrons. The minimum atomic E-state index is -0.499. The maximum Gasteiger partial charge on any atom is 0.324 e. The van der Waals surface area contributed by atoms with Crippen LogP contribution in [0.15, 0.2) is 11.6 Å². The Morgan fingerprint density at radius 1 is 1.03 bits per heavy atom. The molecule has 4 rings (SSSR count). The van der Waals surface area contributed by atoms with E-state index in [9.17, 15) is 4.79 Å². The van der Waals surface area contributed by atoms with Crippen LogP contribution in [0.2, 0.25) is 0 Å². The molecular formula is C31H51ClO2. The van der Waals surface area contributed by atoms with Crippen LogP contribution in [-0.4, -0.2) is 17.5 Å². The number of halogens is 1. The zero-order chi connectivity index (χ0) is 24.3. The minimum absolute atomic E-state index is 0.0261. The molecule has 0 aromatic heterocycles. The highest BCUT2D eigenvalue weighted by atomic mass is 35.5. The van der Waals surface area contributed by atoms with Gasteiger partial charge in [0, 0.05) is 6.42 Å². The molecule has 8 unspecified atom stereocenters. The van der Waals surface area contributed by atoms with E-state index < -0.39 is 5.38 Å². The van der Waals surface area contributed by atoms with Gasteiger partial charge in [0.25, 0.3) is 0 Å². The van der Waals surface area contributed by atoms with Crippen LogP contribution in [0.4, 0.5) is 0 Å². The molecule has 0 bridgehead atoms. The third-order valence-corrected chi connectivity index (χ3v) is 11.5. The average Bonchev–Trinajstić information content (AvgIpc) is 3.17. The molecule has 3 fully saturated rings. The maximum atomic E-state index is 12.3. The van der Waals surface area contributed by atoms with Gasteiger partial charge >= 0.3 is 5.97 Å². The van der Waals surface area contributed by atoms with Crippen molar-refractivity contribution in [2.45, 2.75) is 142 Å². The van der Waals surface area contributed by atoms with Gasteiger partial charge in [0.15, 0.2) is 0 Å². The fourth-order valence-corrected chi connectivity index (χ4v) is 8.94. The second kappa shape index (κ2) is 11.3. The Bertz CT molecular complexity index is 731. The fraction of sp³-hybridized carbons (Fsp3) is 0.903. The number of esters is 1. The van der Waals surface area contributed by atoms with Crippen molar-refractivity contribution in [1.82, 2.24) is 0 Å². The summed E-state index contributed by atoms with van der Waals surface area (Å²) in [6.45, 7) is 9.48. The largest absolute Gasteiger partial charge is 0.461 e. The van der Waals surface area contributed by atoms with E-state index in [1.807, 2.05) is 6.92 Å². The van der Waals surface area contributed by atoms with Crippen LogP contribution in [-0.2, 0) is 9.53 Å². The molecule has 2 nitrogen and oxygen atoms in total. The maximum absolute atomic E-state index is 12.3. The Hall–Kier alpha value is -0.500. The minimum Gasteiger partial charge on any atom is -0.461 e. The first-order valence-electron chi connectivity index (χ1n) is 14.9. The number of alkyl halides is 1. The quantitative estimate of drug-likeness (QED) is 0.132. The van der Waals surface area contributed by atoms with Crippen molar-refractivity contribution in [3.05, 3.63) is 11.6 Å². The third-order valence-electron chi connectivity index (χ3n) is 11.1. The van der Waals surface area contributed by atoms with Gasteiger partial charge in [0.05, 0.1) is 0 Å². The van der Waals surface area contributed by atoms with Gasteiger partial charge in [0.1, 0.15) is 11.5 Å². The number of fused-ring (bicyclic) bond motifs is 5. The van der Waals surface area contributed by atoms with Crippen molar-refractivity contribution in [3.8, 4) is 0 Å². The van der Waals surface area contributed by atoms with Crippen LogP contribution in [0.3, 0.4) is 0 Å². The molecule has 0 heterocycles. The monoisotopic (exact) mass is 490 g/mol. The molecule has 4 aliphatic carbocycles. The lowest BCUT2D eigenvalue weighted by Gasteiger charge is -2.58. The van der Waals surface area contributed by atoms with Crippen LogP contribution in [0.5, 0.6) is 0 Å². The molecule has 34 heavy (non-hydrogen) atoms. The van der Waals surface area contributed by atoms with Crippen molar-refractivity contribution in [3.63, 3.8) is 0 Å². The summed E-state index contributed by atoms with van der Waals surface area (Å²) in [7, 11) is 0. The SMILES string of the molecule is CCCCCCCCC1CCC2C3CC=C4CC(OC(=O)C(Cl)CC)CCC4(C)C3CCC12C. The van der Waals surface area contributed by atoms with Crippen molar-refractivity contribution in [2.24, 2.45) is 34.5 Å². The van der Waals surface area contributed by atoms with Gasteiger partial charge in [-0.05, 0) is 92.3 Å². The first-order chi connectivity index (χ1) is 16.3. The lowest BCUT2D eigenvalue weighted by molar-refractivity contribution is -0.151. The van der Waals surface area contributed by atoms with E-state index in [0.29, 0.717) is 17.3 Å². The predicted molar refractivity (Wildman–Crippen MR) is 143 cm³/mol. The first kappa shape index (κ1) is 26.6. The number of rotatable bonds is 10.